The van der Waals surface area contributed by atoms with E-state index in [2.05, 4.69) is 13.8 Å². The fourth-order valence-electron chi connectivity index (χ4n) is 3.21. The highest BCUT2D eigenvalue weighted by Gasteiger charge is 2.33. The van der Waals surface area contributed by atoms with Gasteiger partial charge >= 0.3 is 0 Å². The highest BCUT2D eigenvalue weighted by Crippen LogP contribution is 2.41. The first-order valence-electron chi connectivity index (χ1n) is 7.90. The minimum atomic E-state index is -0.921. The Kier molecular flexibility index (Phi) is 4.64. The predicted molar refractivity (Wildman–Crippen MR) is 86.3 cm³/mol. The van der Waals surface area contributed by atoms with Gasteiger partial charge in [0.1, 0.15) is 5.75 Å². The monoisotopic (exact) mass is 291 g/mol. The van der Waals surface area contributed by atoms with E-state index in [1.807, 2.05) is 24.3 Å². The minimum Gasteiger partial charge on any atom is -0.493 e. The van der Waals surface area contributed by atoms with Gasteiger partial charge in [-0.1, -0.05) is 32.4 Å². The lowest BCUT2D eigenvalue weighted by Gasteiger charge is -2.26. The number of nitrogens with two attached hydrogens (primary N) is 1. The van der Waals surface area contributed by atoms with Crippen LogP contribution in [-0.4, -0.2) is 17.3 Å². The van der Waals surface area contributed by atoms with Crippen molar-refractivity contribution < 1.29 is 9.84 Å². The van der Waals surface area contributed by atoms with E-state index >= 15 is 0 Å². The lowest BCUT2D eigenvalue weighted by Crippen LogP contribution is -2.34. The molecule has 3 N–H and O–H groups in total. The zero-order chi connectivity index (χ0) is 15.7. The second-order valence-electron chi connectivity index (χ2n) is 7.65. The number of rotatable bonds is 5. The molecule has 3 atom stereocenters. The Morgan fingerprint density at radius 2 is 2.00 bits per heavy atom. The molecule has 1 aliphatic carbocycles. The number of hydrogen-bond donors (Lipinski definition) is 2. The second-order valence-corrected chi connectivity index (χ2v) is 7.65. The number of hydrogen-bond acceptors (Lipinski definition) is 3. The van der Waals surface area contributed by atoms with Gasteiger partial charge in [0.2, 0.25) is 0 Å². The van der Waals surface area contributed by atoms with Crippen molar-refractivity contribution in [3.8, 4) is 5.75 Å². The van der Waals surface area contributed by atoms with E-state index in [4.69, 9.17) is 10.5 Å². The highest BCUT2D eigenvalue weighted by molar-refractivity contribution is 5.30. The molecule has 0 bridgehead atoms. The standard InChI is InChI=1S/C18H29NO2/c1-13-9-10-18(4,11-13)12-21-15-7-5-14(6-8-15)16(19)17(2,3)20/h5-8,13,16,20H,9-12,19H2,1-4H3. The van der Waals surface area contributed by atoms with Crippen molar-refractivity contribution in [1.29, 1.82) is 0 Å². The molecule has 1 saturated carbocycles. The molecule has 0 aliphatic heterocycles. The summed E-state index contributed by atoms with van der Waals surface area (Å²) in [7, 11) is 0. The molecule has 0 saturated heterocycles. The topological polar surface area (TPSA) is 55.5 Å². The maximum absolute atomic E-state index is 9.96. The van der Waals surface area contributed by atoms with E-state index in [0.717, 1.165) is 23.8 Å². The van der Waals surface area contributed by atoms with Gasteiger partial charge in [-0.3, -0.25) is 0 Å². The van der Waals surface area contributed by atoms with E-state index in [0.29, 0.717) is 5.41 Å². The van der Waals surface area contributed by atoms with E-state index < -0.39 is 5.60 Å². The Morgan fingerprint density at radius 1 is 1.38 bits per heavy atom. The van der Waals surface area contributed by atoms with Gasteiger partial charge in [-0.15, -0.1) is 0 Å². The molecular weight excluding hydrogens is 262 g/mol. The Bertz CT molecular complexity index is 463. The molecule has 3 unspecified atom stereocenters. The van der Waals surface area contributed by atoms with Crippen molar-refractivity contribution in [2.24, 2.45) is 17.1 Å². The normalized spacial score (nSPS) is 27.6. The predicted octanol–water partition coefficient (Wildman–Crippen LogP) is 3.66. The smallest absolute Gasteiger partial charge is 0.119 e. The largest absolute Gasteiger partial charge is 0.493 e. The molecule has 1 aromatic rings. The number of benzene rings is 1. The average Bonchev–Trinajstić information content (AvgIpc) is 2.75. The van der Waals surface area contributed by atoms with Crippen molar-refractivity contribution in [2.45, 2.75) is 58.6 Å². The molecule has 0 spiro atoms. The third kappa shape index (κ3) is 4.21. The van der Waals surface area contributed by atoms with Gasteiger partial charge < -0.3 is 15.6 Å². The molecule has 0 amide bonds. The van der Waals surface area contributed by atoms with Crippen molar-refractivity contribution >= 4 is 0 Å². The summed E-state index contributed by atoms with van der Waals surface area (Å²) in [6.45, 7) is 8.86. The summed E-state index contributed by atoms with van der Waals surface area (Å²) < 4.78 is 5.96. The van der Waals surface area contributed by atoms with Crippen molar-refractivity contribution in [3.63, 3.8) is 0 Å². The molecule has 0 aromatic heterocycles. The van der Waals surface area contributed by atoms with Crippen LogP contribution in [0.3, 0.4) is 0 Å². The molecule has 21 heavy (non-hydrogen) atoms. The lowest BCUT2D eigenvalue weighted by atomic mass is 9.89. The average molecular weight is 291 g/mol. The summed E-state index contributed by atoms with van der Waals surface area (Å²) in [6.07, 6.45) is 3.80. The summed E-state index contributed by atoms with van der Waals surface area (Å²) in [5, 5.41) is 9.96. The molecular formula is C18H29NO2. The summed E-state index contributed by atoms with van der Waals surface area (Å²) in [5.74, 6) is 1.69. The molecule has 0 heterocycles. The molecule has 1 fully saturated rings. The van der Waals surface area contributed by atoms with Gasteiger partial charge in [0.05, 0.1) is 18.2 Å². The lowest BCUT2D eigenvalue weighted by molar-refractivity contribution is 0.0517. The zero-order valence-electron chi connectivity index (χ0n) is 13.7. The van der Waals surface area contributed by atoms with Gasteiger partial charge in [0, 0.05) is 5.41 Å². The first-order valence-corrected chi connectivity index (χ1v) is 7.90. The molecule has 0 radical (unpaired) electrons. The van der Waals surface area contributed by atoms with Gasteiger partial charge in [0.15, 0.2) is 0 Å². The summed E-state index contributed by atoms with van der Waals surface area (Å²) in [4.78, 5) is 0. The summed E-state index contributed by atoms with van der Waals surface area (Å²) in [6, 6.07) is 7.39. The fourth-order valence-corrected chi connectivity index (χ4v) is 3.21. The van der Waals surface area contributed by atoms with E-state index in [1.165, 1.54) is 19.3 Å². The van der Waals surface area contributed by atoms with Crippen LogP contribution >= 0.6 is 0 Å². The Morgan fingerprint density at radius 3 is 2.48 bits per heavy atom. The first kappa shape index (κ1) is 16.3. The van der Waals surface area contributed by atoms with Crippen LogP contribution in [0.5, 0.6) is 5.75 Å². The van der Waals surface area contributed by atoms with Crippen LogP contribution in [0, 0.1) is 11.3 Å². The zero-order valence-corrected chi connectivity index (χ0v) is 13.7. The summed E-state index contributed by atoms with van der Waals surface area (Å²) >= 11 is 0. The van der Waals surface area contributed by atoms with E-state index in [9.17, 15) is 5.11 Å². The van der Waals surface area contributed by atoms with Crippen LogP contribution in [0.2, 0.25) is 0 Å². The number of ether oxygens (including phenoxy) is 1. The van der Waals surface area contributed by atoms with Gasteiger partial charge in [-0.05, 0) is 50.3 Å². The molecule has 2 rings (SSSR count). The maximum atomic E-state index is 9.96. The van der Waals surface area contributed by atoms with E-state index in [-0.39, 0.29) is 6.04 Å². The van der Waals surface area contributed by atoms with Crippen LogP contribution in [0.15, 0.2) is 24.3 Å². The molecule has 3 nitrogen and oxygen atoms in total. The van der Waals surface area contributed by atoms with Crippen molar-refractivity contribution in [2.75, 3.05) is 6.61 Å². The Hall–Kier alpha value is -1.06. The van der Waals surface area contributed by atoms with Crippen LogP contribution in [0.1, 0.15) is 58.6 Å². The third-order valence-electron chi connectivity index (χ3n) is 4.67. The molecule has 118 valence electrons. The van der Waals surface area contributed by atoms with Gasteiger partial charge in [-0.2, -0.15) is 0 Å². The van der Waals surface area contributed by atoms with Gasteiger partial charge in [0.25, 0.3) is 0 Å². The highest BCUT2D eigenvalue weighted by atomic mass is 16.5. The SMILES string of the molecule is CC1CCC(C)(COc2ccc(C(N)C(C)(C)O)cc2)C1. The molecule has 1 aromatic carbocycles. The maximum Gasteiger partial charge on any atom is 0.119 e. The molecule has 1 aliphatic rings. The first-order chi connectivity index (χ1) is 9.70. The van der Waals surface area contributed by atoms with Crippen molar-refractivity contribution in [1.82, 2.24) is 0 Å². The quantitative estimate of drug-likeness (QED) is 0.870. The number of aliphatic hydroxyl groups is 1. The second kappa shape index (κ2) is 5.98. The van der Waals surface area contributed by atoms with Crippen LogP contribution in [0.25, 0.3) is 0 Å². The molecule has 3 heteroatoms. The van der Waals surface area contributed by atoms with Crippen LogP contribution in [-0.2, 0) is 0 Å². The Balaban J connectivity index is 1.94. The third-order valence-corrected chi connectivity index (χ3v) is 4.67. The summed E-state index contributed by atoms with van der Waals surface area (Å²) in [5.41, 5.74) is 6.35. The van der Waals surface area contributed by atoms with E-state index in [1.54, 1.807) is 13.8 Å². The van der Waals surface area contributed by atoms with Crippen LogP contribution < -0.4 is 10.5 Å². The Labute approximate surface area is 128 Å². The minimum absolute atomic E-state index is 0.307. The van der Waals surface area contributed by atoms with Crippen molar-refractivity contribution in [3.05, 3.63) is 29.8 Å². The van der Waals surface area contributed by atoms with Crippen LogP contribution in [0.4, 0.5) is 0 Å². The van der Waals surface area contributed by atoms with Gasteiger partial charge in [-0.25, -0.2) is 0 Å². The fraction of sp³-hybridized carbons (Fsp3) is 0.667.